The Kier molecular flexibility index (Phi) is 7.54. The first-order valence-corrected chi connectivity index (χ1v) is 8.78. The molecule has 132 valence electrons. The summed E-state index contributed by atoms with van der Waals surface area (Å²) in [7, 11) is 0. The van der Waals surface area contributed by atoms with Crippen LogP contribution in [0.2, 0.25) is 5.02 Å². The van der Waals surface area contributed by atoms with E-state index in [0.717, 1.165) is 27.1 Å². The van der Waals surface area contributed by atoms with Crippen LogP contribution in [0.3, 0.4) is 0 Å². The zero-order valence-corrected chi connectivity index (χ0v) is 16.4. The van der Waals surface area contributed by atoms with Gasteiger partial charge in [0.1, 0.15) is 11.5 Å². The smallest absolute Gasteiger partial charge is 0.135 e. The molecule has 0 radical (unpaired) electrons. The SMILES string of the molecule is Cl.OC(CNCc1ccc(-c2ccc(Br)cc2Cl)o1)c1ccccc1. The van der Waals surface area contributed by atoms with Gasteiger partial charge in [0, 0.05) is 16.6 Å². The second kappa shape index (κ2) is 9.41. The molecule has 1 unspecified atom stereocenters. The lowest BCUT2D eigenvalue weighted by molar-refractivity contribution is 0.173. The van der Waals surface area contributed by atoms with Crippen molar-refractivity contribution in [3.63, 3.8) is 0 Å². The second-order valence-electron chi connectivity index (χ2n) is 5.45. The number of hydrogen-bond acceptors (Lipinski definition) is 3. The lowest BCUT2D eigenvalue weighted by Crippen LogP contribution is -2.20. The summed E-state index contributed by atoms with van der Waals surface area (Å²) in [6.45, 7) is 0.997. The van der Waals surface area contributed by atoms with Gasteiger partial charge in [-0.05, 0) is 35.9 Å². The van der Waals surface area contributed by atoms with Crippen molar-refractivity contribution in [2.24, 2.45) is 0 Å². The molecule has 0 fully saturated rings. The van der Waals surface area contributed by atoms with E-state index in [9.17, 15) is 5.11 Å². The first kappa shape index (κ1) is 20.0. The first-order valence-electron chi connectivity index (χ1n) is 7.61. The minimum absolute atomic E-state index is 0. The monoisotopic (exact) mass is 441 g/mol. The molecule has 0 amide bonds. The molecule has 2 aromatic carbocycles. The maximum Gasteiger partial charge on any atom is 0.135 e. The Balaban J connectivity index is 0.00000225. The van der Waals surface area contributed by atoms with Crippen LogP contribution in [0.25, 0.3) is 11.3 Å². The molecule has 3 aromatic rings. The standard InChI is InChI=1S/C19H17BrClNO2.ClH/c20-14-6-8-16(17(21)10-14)19-9-7-15(24-19)11-22-12-18(23)13-4-2-1-3-5-13;/h1-10,18,22-23H,11-12H2;1H. The third-order valence-electron chi connectivity index (χ3n) is 3.68. The highest BCUT2D eigenvalue weighted by atomic mass is 79.9. The number of benzene rings is 2. The largest absolute Gasteiger partial charge is 0.460 e. The summed E-state index contributed by atoms with van der Waals surface area (Å²) >= 11 is 9.64. The number of rotatable bonds is 6. The lowest BCUT2D eigenvalue weighted by atomic mass is 10.1. The van der Waals surface area contributed by atoms with Gasteiger partial charge in [0.05, 0.1) is 17.7 Å². The topological polar surface area (TPSA) is 45.4 Å². The third-order valence-corrected chi connectivity index (χ3v) is 4.49. The van der Waals surface area contributed by atoms with Crippen LogP contribution in [-0.2, 0) is 6.54 Å². The molecule has 1 aromatic heterocycles. The summed E-state index contributed by atoms with van der Waals surface area (Å²) < 4.78 is 6.76. The normalized spacial score (nSPS) is 11.8. The van der Waals surface area contributed by atoms with Gasteiger partial charge in [-0.15, -0.1) is 12.4 Å². The van der Waals surface area contributed by atoms with E-state index in [1.54, 1.807) is 0 Å². The van der Waals surface area contributed by atoms with Gasteiger partial charge in [-0.25, -0.2) is 0 Å². The fraction of sp³-hybridized carbons (Fsp3) is 0.158. The molecule has 0 saturated heterocycles. The van der Waals surface area contributed by atoms with Gasteiger partial charge >= 0.3 is 0 Å². The van der Waals surface area contributed by atoms with Gasteiger partial charge < -0.3 is 14.8 Å². The molecule has 0 aliphatic rings. The molecule has 0 bridgehead atoms. The van der Waals surface area contributed by atoms with E-state index in [-0.39, 0.29) is 12.4 Å². The summed E-state index contributed by atoms with van der Waals surface area (Å²) in [5, 5.41) is 14.0. The molecular formula is C19H18BrCl2NO2. The van der Waals surface area contributed by atoms with E-state index in [1.807, 2.05) is 60.7 Å². The minimum Gasteiger partial charge on any atom is -0.460 e. The summed E-state index contributed by atoms with van der Waals surface area (Å²) in [5.41, 5.74) is 1.75. The number of aliphatic hydroxyl groups is 1. The Morgan fingerprint density at radius 2 is 1.84 bits per heavy atom. The Hall–Kier alpha value is -1.30. The second-order valence-corrected chi connectivity index (χ2v) is 6.77. The fourth-order valence-corrected chi connectivity index (χ4v) is 3.20. The van der Waals surface area contributed by atoms with Gasteiger partial charge in [-0.3, -0.25) is 0 Å². The number of halogens is 3. The van der Waals surface area contributed by atoms with Crippen molar-refractivity contribution in [3.05, 3.63) is 81.5 Å². The van der Waals surface area contributed by atoms with E-state index in [1.165, 1.54) is 0 Å². The van der Waals surface area contributed by atoms with Gasteiger partial charge in [0.2, 0.25) is 0 Å². The summed E-state index contributed by atoms with van der Waals surface area (Å²) in [6, 6.07) is 19.1. The van der Waals surface area contributed by atoms with Crippen molar-refractivity contribution >= 4 is 39.9 Å². The maximum atomic E-state index is 10.1. The van der Waals surface area contributed by atoms with Crippen molar-refractivity contribution in [3.8, 4) is 11.3 Å². The highest BCUT2D eigenvalue weighted by Gasteiger charge is 2.10. The molecule has 6 heteroatoms. The molecular weight excluding hydrogens is 425 g/mol. The lowest BCUT2D eigenvalue weighted by Gasteiger charge is -2.11. The molecule has 1 atom stereocenters. The Morgan fingerprint density at radius 3 is 2.56 bits per heavy atom. The third kappa shape index (κ3) is 5.33. The highest BCUT2D eigenvalue weighted by Crippen LogP contribution is 2.31. The van der Waals surface area contributed by atoms with Crippen LogP contribution >= 0.6 is 39.9 Å². The fourth-order valence-electron chi connectivity index (χ4n) is 2.43. The highest BCUT2D eigenvalue weighted by molar-refractivity contribution is 9.10. The van der Waals surface area contributed by atoms with Crippen LogP contribution in [0, 0.1) is 0 Å². The molecule has 0 aliphatic carbocycles. The zero-order valence-electron chi connectivity index (χ0n) is 13.3. The maximum absolute atomic E-state index is 10.1. The van der Waals surface area contributed by atoms with Crippen LogP contribution in [0.15, 0.2) is 69.6 Å². The Morgan fingerprint density at radius 1 is 1.08 bits per heavy atom. The van der Waals surface area contributed by atoms with Gasteiger partial charge in [-0.2, -0.15) is 0 Å². The van der Waals surface area contributed by atoms with E-state index >= 15 is 0 Å². The molecule has 1 heterocycles. The number of hydrogen-bond donors (Lipinski definition) is 2. The first-order chi connectivity index (χ1) is 11.6. The van der Waals surface area contributed by atoms with Crippen molar-refractivity contribution < 1.29 is 9.52 Å². The number of nitrogens with one attached hydrogen (secondary N) is 1. The van der Waals surface area contributed by atoms with Crippen molar-refractivity contribution in [1.82, 2.24) is 5.32 Å². The molecule has 25 heavy (non-hydrogen) atoms. The van der Waals surface area contributed by atoms with Crippen LogP contribution in [-0.4, -0.2) is 11.7 Å². The molecule has 0 saturated carbocycles. The van der Waals surface area contributed by atoms with Crippen LogP contribution in [0.5, 0.6) is 0 Å². The quantitative estimate of drug-likeness (QED) is 0.521. The average molecular weight is 443 g/mol. The van der Waals surface area contributed by atoms with Crippen molar-refractivity contribution in [2.75, 3.05) is 6.54 Å². The van der Waals surface area contributed by atoms with Gasteiger partial charge in [0.25, 0.3) is 0 Å². The Bertz CT molecular complexity index is 808. The van der Waals surface area contributed by atoms with Crippen molar-refractivity contribution in [2.45, 2.75) is 12.6 Å². The van der Waals surface area contributed by atoms with E-state index < -0.39 is 6.10 Å². The molecule has 0 aliphatic heterocycles. The van der Waals surface area contributed by atoms with Gasteiger partial charge in [-0.1, -0.05) is 57.9 Å². The predicted molar refractivity (Wildman–Crippen MR) is 107 cm³/mol. The predicted octanol–water partition coefficient (Wildman–Crippen LogP) is 5.61. The summed E-state index contributed by atoms with van der Waals surface area (Å²) in [5.74, 6) is 1.53. The number of aliphatic hydroxyl groups excluding tert-OH is 1. The van der Waals surface area contributed by atoms with Crippen LogP contribution in [0.1, 0.15) is 17.4 Å². The Labute approximate surface area is 166 Å². The molecule has 3 nitrogen and oxygen atoms in total. The minimum atomic E-state index is -0.540. The zero-order chi connectivity index (χ0) is 16.9. The van der Waals surface area contributed by atoms with E-state index in [2.05, 4.69) is 21.2 Å². The van der Waals surface area contributed by atoms with Crippen molar-refractivity contribution in [1.29, 1.82) is 0 Å². The summed E-state index contributed by atoms with van der Waals surface area (Å²) in [6.07, 6.45) is -0.540. The summed E-state index contributed by atoms with van der Waals surface area (Å²) in [4.78, 5) is 0. The van der Waals surface area contributed by atoms with Crippen LogP contribution in [0.4, 0.5) is 0 Å². The average Bonchev–Trinajstić information content (AvgIpc) is 3.04. The van der Waals surface area contributed by atoms with Gasteiger partial charge in [0.15, 0.2) is 0 Å². The van der Waals surface area contributed by atoms with E-state index in [4.69, 9.17) is 16.0 Å². The number of furan rings is 1. The molecule has 3 rings (SSSR count). The van der Waals surface area contributed by atoms with Crippen LogP contribution < -0.4 is 5.32 Å². The van der Waals surface area contributed by atoms with E-state index in [0.29, 0.717) is 18.1 Å². The molecule has 0 spiro atoms. The molecule has 2 N–H and O–H groups in total.